The predicted octanol–water partition coefficient (Wildman–Crippen LogP) is 3.66. The molecule has 0 aromatic heterocycles. The molecule has 0 aliphatic rings. The molecule has 0 aliphatic carbocycles. The number of anilines is 1. The monoisotopic (exact) mass is 191 g/mol. The molecule has 0 saturated heterocycles. The molecule has 0 saturated carbocycles. The fraction of sp³-hybridized carbons (Fsp3) is 0.538. The Kier molecular flexibility index (Phi) is 3.99. The van der Waals surface area contributed by atoms with Crippen LogP contribution in [0, 0.1) is 0 Å². The van der Waals surface area contributed by atoms with E-state index in [9.17, 15) is 0 Å². The van der Waals surface area contributed by atoms with Gasteiger partial charge in [0.05, 0.1) is 0 Å². The van der Waals surface area contributed by atoms with Gasteiger partial charge in [-0.1, -0.05) is 32.9 Å². The van der Waals surface area contributed by atoms with Crippen molar-refractivity contribution in [1.29, 1.82) is 0 Å². The van der Waals surface area contributed by atoms with E-state index in [1.807, 2.05) is 0 Å². The van der Waals surface area contributed by atoms with E-state index >= 15 is 0 Å². The SMILES string of the molecule is CCCN(C)c1cccc(C(C)C)c1. The van der Waals surface area contributed by atoms with Gasteiger partial charge in [-0.25, -0.2) is 0 Å². The summed E-state index contributed by atoms with van der Waals surface area (Å²) >= 11 is 0. The third-order valence-electron chi connectivity index (χ3n) is 2.54. The van der Waals surface area contributed by atoms with Crippen molar-refractivity contribution in [2.24, 2.45) is 0 Å². The smallest absolute Gasteiger partial charge is 0.0366 e. The average molecular weight is 191 g/mol. The molecule has 0 unspecified atom stereocenters. The molecule has 78 valence electrons. The summed E-state index contributed by atoms with van der Waals surface area (Å²) in [5.41, 5.74) is 2.75. The predicted molar refractivity (Wildman–Crippen MR) is 64.1 cm³/mol. The fourth-order valence-electron chi connectivity index (χ4n) is 1.59. The Bertz CT molecular complexity index is 278. The van der Waals surface area contributed by atoms with Crippen molar-refractivity contribution in [2.45, 2.75) is 33.1 Å². The lowest BCUT2D eigenvalue weighted by Gasteiger charge is -2.19. The summed E-state index contributed by atoms with van der Waals surface area (Å²) in [5, 5.41) is 0. The van der Waals surface area contributed by atoms with Crippen LogP contribution in [0.1, 0.15) is 38.7 Å². The second-order valence-corrected chi connectivity index (χ2v) is 4.17. The minimum absolute atomic E-state index is 0.616. The molecule has 0 heterocycles. The van der Waals surface area contributed by atoms with Crippen molar-refractivity contribution >= 4 is 5.69 Å². The Morgan fingerprint density at radius 3 is 2.57 bits per heavy atom. The molecule has 1 aromatic carbocycles. The van der Waals surface area contributed by atoms with Gasteiger partial charge in [0.1, 0.15) is 0 Å². The van der Waals surface area contributed by atoms with Crippen molar-refractivity contribution in [3.8, 4) is 0 Å². The molecule has 1 nitrogen and oxygen atoms in total. The molecule has 14 heavy (non-hydrogen) atoms. The number of rotatable bonds is 4. The highest BCUT2D eigenvalue weighted by Crippen LogP contribution is 2.20. The van der Waals surface area contributed by atoms with E-state index in [0.29, 0.717) is 5.92 Å². The van der Waals surface area contributed by atoms with Crippen LogP contribution >= 0.6 is 0 Å². The van der Waals surface area contributed by atoms with Crippen LogP contribution in [0.2, 0.25) is 0 Å². The maximum absolute atomic E-state index is 2.31. The molecule has 0 radical (unpaired) electrons. The number of nitrogens with zero attached hydrogens (tertiary/aromatic N) is 1. The fourth-order valence-corrected chi connectivity index (χ4v) is 1.59. The zero-order chi connectivity index (χ0) is 10.6. The third kappa shape index (κ3) is 2.76. The highest BCUT2D eigenvalue weighted by Gasteiger charge is 2.02. The first-order valence-electron chi connectivity index (χ1n) is 5.46. The Balaban J connectivity index is 2.82. The van der Waals surface area contributed by atoms with Crippen molar-refractivity contribution in [3.05, 3.63) is 29.8 Å². The minimum atomic E-state index is 0.616. The van der Waals surface area contributed by atoms with Gasteiger partial charge in [0.15, 0.2) is 0 Å². The zero-order valence-corrected chi connectivity index (χ0v) is 9.75. The van der Waals surface area contributed by atoms with Crippen molar-refractivity contribution in [1.82, 2.24) is 0 Å². The van der Waals surface area contributed by atoms with Gasteiger partial charge >= 0.3 is 0 Å². The van der Waals surface area contributed by atoms with E-state index in [1.165, 1.54) is 17.7 Å². The standard InChI is InChI=1S/C13H21N/c1-5-9-14(4)13-8-6-7-12(10-13)11(2)3/h6-8,10-11H,5,9H2,1-4H3. The summed E-state index contributed by atoms with van der Waals surface area (Å²) < 4.78 is 0. The molecule has 0 bridgehead atoms. The quantitative estimate of drug-likeness (QED) is 0.702. The Hall–Kier alpha value is -0.980. The lowest BCUT2D eigenvalue weighted by Crippen LogP contribution is -2.17. The van der Waals surface area contributed by atoms with Gasteiger partial charge in [0.25, 0.3) is 0 Å². The van der Waals surface area contributed by atoms with Crippen LogP contribution in [-0.2, 0) is 0 Å². The van der Waals surface area contributed by atoms with E-state index in [-0.39, 0.29) is 0 Å². The highest BCUT2D eigenvalue weighted by atomic mass is 15.1. The number of benzene rings is 1. The molecule has 1 heteroatoms. The Morgan fingerprint density at radius 2 is 2.00 bits per heavy atom. The van der Waals surface area contributed by atoms with Gasteiger partial charge in [-0.2, -0.15) is 0 Å². The average Bonchev–Trinajstić information content (AvgIpc) is 2.18. The van der Waals surface area contributed by atoms with Gasteiger partial charge in [0.2, 0.25) is 0 Å². The highest BCUT2D eigenvalue weighted by molar-refractivity contribution is 5.48. The maximum Gasteiger partial charge on any atom is 0.0366 e. The van der Waals surface area contributed by atoms with E-state index in [1.54, 1.807) is 0 Å². The van der Waals surface area contributed by atoms with Crippen LogP contribution in [0.25, 0.3) is 0 Å². The summed E-state index contributed by atoms with van der Waals surface area (Å²) in [5.74, 6) is 0.616. The van der Waals surface area contributed by atoms with Gasteiger partial charge in [-0.15, -0.1) is 0 Å². The van der Waals surface area contributed by atoms with Gasteiger partial charge in [0, 0.05) is 19.3 Å². The third-order valence-corrected chi connectivity index (χ3v) is 2.54. The van der Waals surface area contributed by atoms with Crippen LogP contribution in [0.15, 0.2) is 24.3 Å². The van der Waals surface area contributed by atoms with Crippen LogP contribution in [-0.4, -0.2) is 13.6 Å². The molecular weight excluding hydrogens is 170 g/mol. The van der Waals surface area contributed by atoms with Crippen molar-refractivity contribution in [3.63, 3.8) is 0 Å². The zero-order valence-electron chi connectivity index (χ0n) is 9.75. The summed E-state index contributed by atoms with van der Waals surface area (Å²) in [4.78, 5) is 2.31. The second-order valence-electron chi connectivity index (χ2n) is 4.17. The van der Waals surface area contributed by atoms with E-state index in [4.69, 9.17) is 0 Å². The van der Waals surface area contributed by atoms with E-state index in [2.05, 4.69) is 57.0 Å². The molecular formula is C13H21N. The van der Waals surface area contributed by atoms with E-state index in [0.717, 1.165) is 6.54 Å². The number of hydrogen-bond acceptors (Lipinski definition) is 1. The summed E-state index contributed by atoms with van der Waals surface area (Å²) in [7, 11) is 2.16. The molecule has 0 fully saturated rings. The Morgan fingerprint density at radius 1 is 1.29 bits per heavy atom. The van der Waals surface area contributed by atoms with Gasteiger partial charge in [-0.3, -0.25) is 0 Å². The van der Waals surface area contributed by atoms with Crippen LogP contribution < -0.4 is 4.90 Å². The molecule has 0 N–H and O–H groups in total. The molecule has 1 aromatic rings. The van der Waals surface area contributed by atoms with Crippen LogP contribution in [0.3, 0.4) is 0 Å². The first kappa shape index (κ1) is 11.1. The lowest BCUT2D eigenvalue weighted by atomic mass is 10.0. The van der Waals surface area contributed by atoms with Gasteiger partial charge < -0.3 is 4.90 Å². The minimum Gasteiger partial charge on any atom is -0.375 e. The molecule has 0 atom stereocenters. The first-order valence-corrected chi connectivity index (χ1v) is 5.46. The Labute approximate surface area is 87.7 Å². The largest absolute Gasteiger partial charge is 0.375 e. The van der Waals surface area contributed by atoms with Crippen molar-refractivity contribution in [2.75, 3.05) is 18.5 Å². The van der Waals surface area contributed by atoms with E-state index < -0.39 is 0 Å². The lowest BCUT2D eigenvalue weighted by molar-refractivity contribution is 0.839. The van der Waals surface area contributed by atoms with Crippen LogP contribution in [0.4, 0.5) is 5.69 Å². The van der Waals surface area contributed by atoms with Crippen molar-refractivity contribution < 1.29 is 0 Å². The van der Waals surface area contributed by atoms with Gasteiger partial charge in [-0.05, 0) is 30.0 Å². The second kappa shape index (κ2) is 5.04. The number of hydrogen-bond donors (Lipinski definition) is 0. The molecule has 0 aliphatic heterocycles. The normalized spacial score (nSPS) is 10.6. The summed E-state index contributed by atoms with van der Waals surface area (Å²) in [6.07, 6.45) is 1.20. The molecule has 1 rings (SSSR count). The molecule has 0 spiro atoms. The van der Waals surface area contributed by atoms with Crippen LogP contribution in [0.5, 0.6) is 0 Å². The maximum atomic E-state index is 2.31. The summed E-state index contributed by atoms with van der Waals surface area (Å²) in [6.45, 7) is 7.81. The topological polar surface area (TPSA) is 3.24 Å². The summed E-state index contributed by atoms with van der Waals surface area (Å²) in [6, 6.07) is 8.83. The first-order chi connectivity index (χ1) is 6.65. The molecule has 0 amide bonds.